The highest BCUT2D eigenvalue weighted by Crippen LogP contribution is 2.34. The monoisotopic (exact) mass is 432 g/mol. The van der Waals surface area contributed by atoms with E-state index in [0.29, 0.717) is 11.9 Å². The third kappa shape index (κ3) is 5.41. The average Bonchev–Trinajstić information content (AvgIpc) is 2.56. The molecule has 0 aliphatic carbocycles. The van der Waals surface area contributed by atoms with E-state index >= 15 is 0 Å². The first-order chi connectivity index (χ1) is 12.2. The molecule has 1 aromatic carbocycles. The summed E-state index contributed by atoms with van der Waals surface area (Å²) in [7, 11) is 0. The Labute approximate surface area is 153 Å². The minimum atomic E-state index is -4.68. The van der Waals surface area contributed by atoms with Crippen molar-refractivity contribution in [3.8, 4) is 0 Å². The van der Waals surface area contributed by atoms with Gasteiger partial charge in [0.2, 0.25) is 5.91 Å². The maximum absolute atomic E-state index is 12.6. The van der Waals surface area contributed by atoms with Gasteiger partial charge in [-0.1, -0.05) is 0 Å². The second kappa shape index (κ2) is 8.13. The summed E-state index contributed by atoms with van der Waals surface area (Å²) in [6, 6.07) is 5.42. The Morgan fingerprint density at radius 2 is 2.00 bits per heavy atom. The van der Waals surface area contributed by atoms with Crippen LogP contribution in [0.3, 0.4) is 0 Å². The molecule has 0 saturated carbocycles. The van der Waals surface area contributed by atoms with Gasteiger partial charge in [0.05, 0.1) is 10.5 Å². The predicted molar refractivity (Wildman–Crippen MR) is 91.8 cm³/mol. The first-order valence-corrected chi connectivity index (χ1v) is 7.97. The highest BCUT2D eigenvalue weighted by Gasteiger charge is 2.33. The van der Waals surface area contributed by atoms with Gasteiger partial charge in [0.15, 0.2) is 0 Å². The normalized spacial score (nSPS) is 11.1. The van der Waals surface area contributed by atoms with Crippen LogP contribution in [0.1, 0.15) is 12.0 Å². The molecule has 0 radical (unpaired) electrons. The zero-order valence-corrected chi connectivity index (χ0v) is 14.6. The van der Waals surface area contributed by atoms with E-state index in [1.54, 1.807) is 12.1 Å². The third-order valence-electron chi connectivity index (χ3n) is 3.18. The molecular formula is C15H12BrF3N4O3. The lowest BCUT2D eigenvalue weighted by molar-refractivity contribution is -0.384. The molecule has 0 atom stereocenters. The molecule has 1 amide bonds. The number of halogens is 4. The molecule has 0 aliphatic rings. The van der Waals surface area contributed by atoms with E-state index in [4.69, 9.17) is 0 Å². The smallest absolute Gasteiger partial charge is 0.379 e. The Kier molecular flexibility index (Phi) is 6.14. The second-order valence-electron chi connectivity index (χ2n) is 5.07. The van der Waals surface area contributed by atoms with Gasteiger partial charge in [0.1, 0.15) is 11.5 Å². The lowest BCUT2D eigenvalue weighted by atomic mass is 10.1. The summed E-state index contributed by atoms with van der Waals surface area (Å²) in [5.41, 5.74) is -1.93. The van der Waals surface area contributed by atoms with E-state index in [0.717, 1.165) is 16.6 Å². The molecule has 1 heterocycles. The minimum absolute atomic E-state index is 0.00539. The van der Waals surface area contributed by atoms with Crippen LogP contribution in [0.2, 0.25) is 0 Å². The summed E-state index contributed by atoms with van der Waals surface area (Å²) in [4.78, 5) is 25.8. The van der Waals surface area contributed by atoms with Gasteiger partial charge in [-0.15, -0.1) is 0 Å². The van der Waals surface area contributed by atoms with Crippen LogP contribution in [0.4, 0.5) is 30.4 Å². The second-order valence-corrected chi connectivity index (χ2v) is 5.99. The summed E-state index contributed by atoms with van der Waals surface area (Å²) in [6.07, 6.45) is -3.24. The molecule has 0 aliphatic heterocycles. The van der Waals surface area contributed by atoms with E-state index < -0.39 is 28.3 Å². The molecule has 0 saturated heterocycles. The van der Waals surface area contributed by atoms with Crippen molar-refractivity contribution in [2.24, 2.45) is 0 Å². The Balaban J connectivity index is 1.97. The number of nitrogens with zero attached hydrogens (tertiary/aromatic N) is 2. The Morgan fingerprint density at radius 3 is 2.58 bits per heavy atom. The van der Waals surface area contributed by atoms with Crippen LogP contribution in [0.5, 0.6) is 0 Å². The number of benzene rings is 1. The van der Waals surface area contributed by atoms with E-state index in [2.05, 4.69) is 31.5 Å². The number of nitro benzene ring substituents is 1. The molecule has 0 bridgehead atoms. The fourth-order valence-electron chi connectivity index (χ4n) is 1.97. The Morgan fingerprint density at radius 1 is 1.27 bits per heavy atom. The summed E-state index contributed by atoms with van der Waals surface area (Å²) < 4.78 is 38.7. The van der Waals surface area contributed by atoms with Crippen molar-refractivity contribution < 1.29 is 22.9 Å². The summed E-state index contributed by atoms with van der Waals surface area (Å²) in [6.45, 7) is -0.00539. The van der Waals surface area contributed by atoms with Crippen molar-refractivity contribution in [1.29, 1.82) is 0 Å². The summed E-state index contributed by atoms with van der Waals surface area (Å²) >= 11 is 3.20. The molecule has 0 fully saturated rings. The number of hydrogen-bond acceptors (Lipinski definition) is 5. The number of amides is 1. The molecule has 11 heteroatoms. The molecule has 2 aromatic rings. The fourth-order valence-corrected chi connectivity index (χ4v) is 2.21. The van der Waals surface area contributed by atoms with Crippen LogP contribution in [0, 0.1) is 10.1 Å². The molecule has 2 rings (SSSR count). The Hall–Kier alpha value is -2.69. The molecule has 0 unspecified atom stereocenters. The zero-order chi connectivity index (χ0) is 19.3. The SMILES string of the molecule is O=C(CCNc1ccc(C(F)(F)F)cc1[N+](=O)[O-])Nc1ccc(Br)cn1. The quantitative estimate of drug-likeness (QED) is 0.526. The van der Waals surface area contributed by atoms with Gasteiger partial charge in [-0.3, -0.25) is 14.9 Å². The van der Waals surface area contributed by atoms with Gasteiger partial charge < -0.3 is 10.6 Å². The van der Waals surface area contributed by atoms with Crippen molar-refractivity contribution in [3.05, 3.63) is 56.7 Å². The minimum Gasteiger partial charge on any atom is -0.379 e. The van der Waals surface area contributed by atoms with Crippen LogP contribution in [-0.2, 0) is 11.0 Å². The molecule has 1 aromatic heterocycles. The standard InChI is InChI=1S/C15H12BrF3N4O3/c16-10-2-4-13(21-8-10)22-14(24)5-6-20-11-3-1-9(15(17,18)19)7-12(11)23(25)26/h1-4,7-8,20H,5-6H2,(H,21,22,24). The van der Waals surface area contributed by atoms with Crippen molar-refractivity contribution in [2.75, 3.05) is 17.2 Å². The van der Waals surface area contributed by atoms with Crippen molar-refractivity contribution in [2.45, 2.75) is 12.6 Å². The lowest BCUT2D eigenvalue weighted by Gasteiger charge is -2.10. The van der Waals surface area contributed by atoms with Crippen LogP contribution < -0.4 is 10.6 Å². The number of aromatic nitrogens is 1. The summed E-state index contributed by atoms with van der Waals surface area (Å²) in [5.74, 6) is -0.0689. The molecule has 0 spiro atoms. The van der Waals surface area contributed by atoms with Crippen LogP contribution >= 0.6 is 15.9 Å². The first-order valence-electron chi connectivity index (χ1n) is 7.18. The Bertz CT molecular complexity index is 813. The first kappa shape index (κ1) is 19.6. The van der Waals surface area contributed by atoms with Crippen molar-refractivity contribution in [1.82, 2.24) is 4.98 Å². The topological polar surface area (TPSA) is 97.2 Å². The third-order valence-corrected chi connectivity index (χ3v) is 3.65. The molecule has 2 N–H and O–H groups in total. The van der Waals surface area contributed by atoms with E-state index in [-0.39, 0.29) is 18.7 Å². The van der Waals surface area contributed by atoms with Gasteiger partial charge in [-0.25, -0.2) is 4.98 Å². The van der Waals surface area contributed by atoms with Gasteiger partial charge in [0.25, 0.3) is 5.69 Å². The number of rotatable bonds is 6. The number of carbonyl (C=O) groups is 1. The number of anilines is 2. The maximum Gasteiger partial charge on any atom is 0.416 e. The number of nitrogens with one attached hydrogen (secondary N) is 2. The highest BCUT2D eigenvalue weighted by atomic mass is 79.9. The van der Waals surface area contributed by atoms with Crippen molar-refractivity contribution >= 4 is 39.0 Å². The fraction of sp³-hybridized carbons (Fsp3) is 0.200. The predicted octanol–water partition coefficient (Wildman–Crippen LogP) is 4.21. The van der Waals surface area contributed by atoms with Gasteiger partial charge in [-0.05, 0) is 40.2 Å². The van der Waals surface area contributed by atoms with Gasteiger partial charge in [0, 0.05) is 29.7 Å². The number of hydrogen-bond donors (Lipinski definition) is 2. The van der Waals surface area contributed by atoms with Crippen molar-refractivity contribution in [3.63, 3.8) is 0 Å². The van der Waals surface area contributed by atoms with E-state index in [1.165, 1.54) is 6.20 Å². The average molecular weight is 433 g/mol. The largest absolute Gasteiger partial charge is 0.416 e. The summed E-state index contributed by atoms with van der Waals surface area (Å²) in [5, 5.41) is 16.1. The van der Waals surface area contributed by atoms with Crippen LogP contribution in [0.15, 0.2) is 41.0 Å². The number of nitro groups is 1. The van der Waals surface area contributed by atoms with E-state index in [9.17, 15) is 28.1 Å². The number of carbonyl (C=O) groups excluding carboxylic acids is 1. The van der Waals surface area contributed by atoms with Gasteiger partial charge >= 0.3 is 6.18 Å². The van der Waals surface area contributed by atoms with Gasteiger partial charge in [-0.2, -0.15) is 13.2 Å². The molecular weight excluding hydrogens is 421 g/mol. The van der Waals surface area contributed by atoms with Crippen LogP contribution in [-0.4, -0.2) is 22.4 Å². The number of pyridine rings is 1. The van der Waals surface area contributed by atoms with Crippen LogP contribution in [0.25, 0.3) is 0 Å². The molecule has 138 valence electrons. The maximum atomic E-state index is 12.6. The zero-order valence-electron chi connectivity index (χ0n) is 13.0. The highest BCUT2D eigenvalue weighted by molar-refractivity contribution is 9.10. The molecule has 26 heavy (non-hydrogen) atoms. The lowest BCUT2D eigenvalue weighted by Crippen LogP contribution is -2.17. The van der Waals surface area contributed by atoms with E-state index in [1.807, 2.05) is 0 Å². The number of alkyl halides is 3. The molecule has 7 nitrogen and oxygen atoms in total.